The highest BCUT2D eigenvalue weighted by molar-refractivity contribution is 5.17. The van der Waals surface area contributed by atoms with Crippen molar-refractivity contribution in [1.29, 1.82) is 0 Å². The van der Waals surface area contributed by atoms with Gasteiger partial charge in [-0.25, -0.2) is 0 Å². The van der Waals surface area contributed by atoms with Gasteiger partial charge in [0, 0.05) is 24.5 Å². The third-order valence-corrected chi connectivity index (χ3v) is 6.32. The lowest BCUT2D eigenvalue weighted by Crippen LogP contribution is -2.52. The van der Waals surface area contributed by atoms with Crippen LogP contribution in [0.3, 0.4) is 0 Å². The van der Waals surface area contributed by atoms with Crippen LogP contribution in [0.25, 0.3) is 0 Å². The molecule has 2 bridgehead atoms. The van der Waals surface area contributed by atoms with Crippen LogP contribution in [-0.4, -0.2) is 45.8 Å². The maximum Gasteiger partial charge on any atom is 0.0754 e. The average Bonchev–Trinajstić information content (AvgIpc) is 2.48. The van der Waals surface area contributed by atoms with Crippen LogP contribution < -0.4 is 0 Å². The molecule has 0 aromatic heterocycles. The molecule has 4 heteroatoms. The topological polar surface area (TPSA) is 80.9 Å². The van der Waals surface area contributed by atoms with Crippen molar-refractivity contribution in [1.82, 2.24) is 0 Å². The zero-order chi connectivity index (χ0) is 14.4. The highest BCUT2D eigenvalue weighted by atomic mass is 16.3. The van der Waals surface area contributed by atoms with Crippen LogP contribution >= 0.6 is 0 Å². The van der Waals surface area contributed by atoms with Crippen molar-refractivity contribution in [2.24, 2.45) is 35.0 Å². The van der Waals surface area contributed by atoms with Gasteiger partial charge in [0.2, 0.25) is 0 Å². The van der Waals surface area contributed by atoms with Gasteiger partial charge in [-0.3, -0.25) is 0 Å². The van der Waals surface area contributed by atoms with E-state index in [1.165, 1.54) is 0 Å². The number of aliphatic hydroxyl groups is 4. The van der Waals surface area contributed by atoms with Crippen LogP contribution in [0.4, 0.5) is 0 Å². The summed E-state index contributed by atoms with van der Waals surface area (Å²) >= 11 is 0. The van der Waals surface area contributed by atoms with Gasteiger partial charge in [-0.15, -0.1) is 0 Å². The van der Waals surface area contributed by atoms with Crippen molar-refractivity contribution in [3.8, 4) is 0 Å². The Hall–Kier alpha value is -0.160. The van der Waals surface area contributed by atoms with Gasteiger partial charge in [-0.1, -0.05) is 13.8 Å². The molecule has 112 valence electrons. The fourth-order valence-corrected chi connectivity index (χ4v) is 5.15. The summed E-state index contributed by atoms with van der Waals surface area (Å²) in [6.07, 6.45) is 1.67. The highest BCUT2D eigenvalue weighted by Gasteiger charge is 2.68. The Morgan fingerprint density at radius 2 is 1.68 bits per heavy atom. The van der Waals surface area contributed by atoms with E-state index in [0.29, 0.717) is 11.8 Å². The van der Waals surface area contributed by atoms with Crippen LogP contribution in [0.1, 0.15) is 33.6 Å². The quantitative estimate of drug-likeness (QED) is 0.605. The molecular weight excluding hydrogens is 244 g/mol. The highest BCUT2D eigenvalue weighted by Crippen LogP contribution is 2.65. The van der Waals surface area contributed by atoms with E-state index < -0.39 is 11.0 Å². The normalized spacial score (nSPS) is 49.9. The van der Waals surface area contributed by atoms with E-state index in [9.17, 15) is 20.4 Å². The van der Waals surface area contributed by atoms with E-state index >= 15 is 0 Å². The van der Waals surface area contributed by atoms with E-state index in [0.717, 1.165) is 12.8 Å². The van der Waals surface area contributed by atoms with Crippen molar-refractivity contribution < 1.29 is 20.4 Å². The standard InChI is InChI=1S/C15H28O4/c1-9(2)10-4-5-15(8-18)12(7-17)13(10)11(6-16)14(15,3)19/h9-13,16-19H,4-8H2,1-3H3. The molecule has 0 aromatic carbocycles. The van der Waals surface area contributed by atoms with Crippen molar-refractivity contribution in [3.05, 3.63) is 0 Å². The largest absolute Gasteiger partial charge is 0.396 e. The maximum atomic E-state index is 10.9. The molecule has 6 atom stereocenters. The second kappa shape index (κ2) is 4.99. The third kappa shape index (κ3) is 1.80. The lowest BCUT2D eigenvalue weighted by atomic mass is 9.60. The van der Waals surface area contributed by atoms with Gasteiger partial charge in [0.15, 0.2) is 0 Å². The smallest absolute Gasteiger partial charge is 0.0754 e. The molecule has 0 radical (unpaired) electrons. The molecule has 2 aliphatic carbocycles. The first-order valence-electron chi connectivity index (χ1n) is 7.42. The van der Waals surface area contributed by atoms with Gasteiger partial charge in [0.25, 0.3) is 0 Å². The third-order valence-electron chi connectivity index (χ3n) is 6.32. The summed E-state index contributed by atoms with van der Waals surface area (Å²) in [4.78, 5) is 0. The minimum atomic E-state index is -1.11. The van der Waals surface area contributed by atoms with Crippen molar-refractivity contribution >= 4 is 0 Å². The van der Waals surface area contributed by atoms with Gasteiger partial charge in [0.05, 0.1) is 12.2 Å². The van der Waals surface area contributed by atoms with E-state index in [2.05, 4.69) is 13.8 Å². The first-order valence-corrected chi connectivity index (χ1v) is 7.42. The fourth-order valence-electron chi connectivity index (χ4n) is 5.15. The SMILES string of the molecule is CC(C)C1CCC2(CO)C(CO)C1C(CO)C2(C)O. The Bertz CT molecular complexity index is 328. The van der Waals surface area contributed by atoms with Crippen LogP contribution in [0, 0.1) is 35.0 Å². The lowest BCUT2D eigenvalue weighted by molar-refractivity contribution is -0.132. The first-order chi connectivity index (χ1) is 8.87. The summed E-state index contributed by atoms with van der Waals surface area (Å²) in [5.41, 5.74) is -1.77. The summed E-state index contributed by atoms with van der Waals surface area (Å²) in [5, 5.41) is 40.4. The molecule has 4 nitrogen and oxygen atoms in total. The number of rotatable bonds is 4. The molecule has 0 aromatic rings. The zero-order valence-corrected chi connectivity index (χ0v) is 12.2. The number of hydrogen-bond donors (Lipinski definition) is 4. The molecule has 0 saturated heterocycles. The van der Waals surface area contributed by atoms with Crippen molar-refractivity contribution in [3.63, 3.8) is 0 Å². The van der Waals surface area contributed by atoms with Gasteiger partial charge in [-0.05, 0) is 43.4 Å². The molecule has 0 aliphatic heterocycles. The molecule has 0 amide bonds. The van der Waals surface area contributed by atoms with E-state index in [-0.39, 0.29) is 37.6 Å². The average molecular weight is 272 g/mol. The Morgan fingerprint density at radius 1 is 1.11 bits per heavy atom. The molecular formula is C15H28O4. The zero-order valence-electron chi connectivity index (χ0n) is 12.2. The molecule has 2 saturated carbocycles. The molecule has 2 rings (SSSR count). The predicted molar refractivity (Wildman–Crippen MR) is 72.3 cm³/mol. The summed E-state index contributed by atoms with van der Waals surface area (Å²) < 4.78 is 0. The van der Waals surface area contributed by atoms with Gasteiger partial charge in [-0.2, -0.15) is 0 Å². The van der Waals surface area contributed by atoms with E-state index in [4.69, 9.17) is 0 Å². The summed E-state index contributed by atoms with van der Waals surface area (Å²) in [5.74, 6) is 0.560. The molecule has 2 fully saturated rings. The van der Waals surface area contributed by atoms with Gasteiger partial charge < -0.3 is 20.4 Å². The summed E-state index contributed by atoms with van der Waals surface area (Å²) in [6, 6.07) is 0. The fraction of sp³-hybridized carbons (Fsp3) is 1.00. The molecule has 0 spiro atoms. The molecule has 6 unspecified atom stereocenters. The van der Waals surface area contributed by atoms with Crippen molar-refractivity contribution in [2.45, 2.75) is 39.2 Å². The van der Waals surface area contributed by atoms with Crippen molar-refractivity contribution in [2.75, 3.05) is 19.8 Å². The summed E-state index contributed by atoms with van der Waals surface area (Å²) in [6.45, 7) is 5.82. The molecule has 19 heavy (non-hydrogen) atoms. The first kappa shape index (κ1) is 15.2. The molecule has 2 aliphatic rings. The lowest BCUT2D eigenvalue weighted by Gasteiger charge is -2.47. The monoisotopic (exact) mass is 272 g/mol. The maximum absolute atomic E-state index is 10.9. The Morgan fingerprint density at radius 3 is 2.11 bits per heavy atom. The number of fused-ring (bicyclic) bond motifs is 2. The van der Waals surface area contributed by atoms with E-state index in [1.54, 1.807) is 6.92 Å². The van der Waals surface area contributed by atoms with Crippen LogP contribution in [0.2, 0.25) is 0 Å². The Balaban J connectivity index is 2.49. The molecule has 4 N–H and O–H groups in total. The molecule has 0 heterocycles. The minimum absolute atomic E-state index is 0.0267. The number of hydrogen-bond acceptors (Lipinski definition) is 4. The Kier molecular flexibility index (Phi) is 4.00. The van der Waals surface area contributed by atoms with Crippen LogP contribution in [-0.2, 0) is 0 Å². The van der Waals surface area contributed by atoms with Crippen LogP contribution in [0.5, 0.6) is 0 Å². The van der Waals surface area contributed by atoms with Crippen LogP contribution in [0.15, 0.2) is 0 Å². The Labute approximate surface area is 115 Å². The summed E-state index contributed by atoms with van der Waals surface area (Å²) in [7, 11) is 0. The van der Waals surface area contributed by atoms with Gasteiger partial charge >= 0.3 is 0 Å². The minimum Gasteiger partial charge on any atom is -0.396 e. The van der Waals surface area contributed by atoms with E-state index in [1.807, 2.05) is 0 Å². The van der Waals surface area contributed by atoms with Gasteiger partial charge in [0.1, 0.15) is 0 Å². The number of aliphatic hydroxyl groups excluding tert-OH is 3. The second-order valence-corrected chi connectivity index (χ2v) is 7.06. The predicted octanol–water partition coefficient (Wildman–Crippen LogP) is 0.629. The second-order valence-electron chi connectivity index (χ2n) is 7.06.